The zero-order chi connectivity index (χ0) is 32.8. The monoisotopic (exact) mass is 642 g/mol. The Morgan fingerprint density at radius 2 is 1.66 bits per heavy atom. The summed E-state index contributed by atoms with van der Waals surface area (Å²) in [6, 6.07) is 21.7. The molecule has 5 aromatic rings. The summed E-state index contributed by atoms with van der Waals surface area (Å²) in [4.78, 5) is 44.9. The quantitative estimate of drug-likeness (QED) is 0.150. The highest BCUT2D eigenvalue weighted by molar-refractivity contribution is 7.18. The molecule has 47 heavy (non-hydrogen) atoms. The molecule has 0 aliphatic carbocycles. The van der Waals surface area contributed by atoms with E-state index in [9.17, 15) is 14.4 Å². The van der Waals surface area contributed by atoms with Crippen LogP contribution >= 0.6 is 11.3 Å². The van der Waals surface area contributed by atoms with Gasteiger partial charge in [0, 0.05) is 41.6 Å². The van der Waals surface area contributed by atoms with Gasteiger partial charge in [0.25, 0.3) is 11.8 Å². The van der Waals surface area contributed by atoms with Crippen LogP contribution in [0.2, 0.25) is 0 Å². The number of amides is 4. The Morgan fingerprint density at radius 1 is 0.915 bits per heavy atom. The molecule has 1 fully saturated rings. The summed E-state index contributed by atoms with van der Waals surface area (Å²) in [6.45, 7) is 3.49. The van der Waals surface area contributed by atoms with Crippen LogP contribution in [-0.4, -0.2) is 47.4 Å². The van der Waals surface area contributed by atoms with E-state index in [4.69, 9.17) is 5.73 Å². The summed E-state index contributed by atoms with van der Waals surface area (Å²) in [5.41, 5.74) is 12.0. The topological polar surface area (TPSA) is 129 Å². The maximum atomic E-state index is 13.1. The lowest BCUT2D eigenvalue weighted by atomic mass is 10.0. The third-order valence-corrected chi connectivity index (χ3v) is 8.97. The van der Waals surface area contributed by atoms with Gasteiger partial charge >= 0.3 is 6.03 Å². The number of thiophene rings is 1. The smallest absolute Gasteiger partial charge is 0.323 e. The third-order valence-electron chi connectivity index (χ3n) is 7.96. The first-order valence-corrected chi connectivity index (χ1v) is 16.3. The van der Waals surface area contributed by atoms with Crippen LogP contribution in [0.15, 0.2) is 84.4 Å². The van der Waals surface area contributed by atoms with Crippen molar-refractivity contribution in [3.05, 3.63) is 107 Å². The molecule has 0 saturated carbocycles. The van der Waals surface area contributed by atoms with E-state index in [2.05, 4.69) is 32.8 Å². The SMILES string of the molecule is Cc1cccc(NC(=O)Nc2ccc(-c3csc4c(C#CCNC(=O)c5ccccc5C(=O)N5CCCCC5)cnc(N)c34)cc2)c1. The number of hydrogen-bond acceptors (Lipinski definition) is 6. The van der Waals surface area contributed by atoms with Gasteiger partial charge in [-0.15, -0.1) is 11.3 Å². The van der Waals surface area contributed by atoms with Gasteiger partial charge in [0.2, 0.25) is 0 Å². The van der Waals surface area contributed by atoms with Gasteiger partial charge in [-0.3, -0.25) is 9.59 Å². The number of rotatable bonds is 6. The van der Waals surface area contributed by atoms with Gasteiger partial charge in [0.1, 0.15) is 5.82 Å². The number of urea groups is 1. The maximum absolute atomic E-state index is 13.1. The van der Waals surface area contributed by atoms with Gasteiger partial charge in [-0.05, 0) is 79.1 Å². The van der Waals surface area contributed by atoms with E-state index in [-0.39, 0.29) is 24.4 Å². The number of hydrogen-bond donors (Lipinski definition) is 4. The molecule has 5 N–H and O–H groups in total. The standard InChI is InChI=1S/C37H34N6O3S/c1-24-9-7-11-28(21-24)42-37(46)41-27-16-14-25(15-17-27)31-23-47-33-26(22-40-34(38)32(31)33)10-8-18-39-35(44)29-12-3-4-13-30(29)36(45)43-19-5-2-6-20-43/h3-4,7,9,11-17,21-23H,2,5-6,18-20H2,1H3,(H2,38,40)(H,39,44)(H2,41,42,46). The third kappa shape index (κ3) is 7.27. The average Bonchev–Trinajstić information content (AvgIpc) is 3.54. The second kappa shape index (κ2) is 14.2. The molecule has 2 aromatic heterocycles. The molecular weight excluding hydrogens is 609 g/mol. The lowest BCUT2D eigenvalue weighted by molar-refractivity contribution is 0.0718. The summed E-state index contributed by atoms with van der Waals surface area (Å²) < 4.78 is 0.892. The minimum Gasteiger partial charge on any atom is -0.383 e. The van der Waals surface area contributed by atoms with E-state index >= 15 is 0 Å². The van der Waals surface area contributed by atoms with Crippen LogP contribution in [0, 0.1) is 18.8 Å². The number of piperidine rings is 1. The van der Waals surface area contributed by atoms with Crippen molar-refractivity contribution in [2.75, 3.05) is 36.0 Å². The number of carbonyl (C=O) groups is 3. The molecule has 3 aromatic carbocycles. The van der Waals surface area contributed by atoms with Gasteiger partial charge in [-0.25, -0.2) is 9.78 Å². The van der Waals surface area contributed by atoms with Crippen molar-refractivity contribution in [2.24, 2.45) is 0 Å². The Bertz CT molecular complexity index is 2020. The van der Waals surface area contributed by atoms with Crippen LogP contribution in [0.4, 0.5) is 22.0 Å². The first kappa shape index (κ1) is 31.3. The van der Waals surface area contributed by atoms with Crippen molar-refractivity contribution in [3.8, 4) is 23.0 Å². The van der Waals surface area contributed by atoms with E-state index in [0.717, 1.165) is 51.7 Å². The van der Waals surface area contributed by atoms with Gasteiger partial charge in [0.05, 0.1) is 27.9 Å². The first-order valence-electron chi connectivity index (χ1n) is 15.4. The van der Waals surface area contributed by atoms with Crippen LogP contribution in [0.3, 0.4) is 0 Å². The van der Waals surface area contributed by atoms with Gasteiger partial charge in [-0.2, -0.15) is 0 Å². The minimum absolute atomic E-state index is 0.0983. The lowest BCUT2D eigenvalue weighted by Gasteiger charge is -2.27. The van der Waals surface area contributed by atoms with Crippen LogP contribution < -0.4 is 21.7 Å². The number of fused-ring (bicyclic) bond motifs is 1. The van der Waals surface area contributed by atoms with Gasteiger partial charge in [-0.1, -0.05) is 48.2 Å². The second-order valence-electron chi connectivity index (χ2n) is 11.3. The number of aromatic nitrogens is 1. The Hall–Kier alpha value is -5.66. The lowest BCUT2D eigenvalue weighted by Crippen LogP contribution is -2.37. The van der Waals surface area contributed by atoms with Crippen LogP contribution in [0.1, 0.15) is 51.1 Å². The predicted octanol–water partition coefficient (Wildman–Crippen LogP) is 6.91. The van der Waals surface area contributed by atoms with Gasteiger partial charge < -0.3 is 26.6 Å². The number of anilines is 3. The van der Waals surface area contributed by atoms with Crippen LogP contribution in [0.25, 0.3) is 21.2 Å². The molecule has 9 nitrogen and oxygen atoms in total. The highest BCUT2D eigenvalue weighted by atomic mass is 32.1. The summed E-state index contributed by atoms with van der Waals surface area (Å²) in [6.07, 6.45) is 4.72. The van der Waals surface area contributed by atoms with Crippen molar-refractivity contribution in [3.63, 3.8) is 0 Å². The Kier molecular flexibility index (Phi) is 9.46. The molecule has 4 amide bonds. The number of benzene rings is 3. The number of aryl methyl sites for hydroxylation is 1. The highest BCUT2D eigenvalue weighted by Crippen LogP contribution is 2.38. The number of nitrogens with zero attached hydrogens (tertiary/aromatic N) is 2. The van der Waals surface area contributed by atoms with E-state index < -0.39 is 0 Å². The van der Waals surface area contributed by atoms with Gasteiger partial charge in [0.15, 0.2) is 0 Å². The summed E-state index contributed by atoms with van der Waals surface area (Å²) in [5.74, 6) is 6.09. The van der Waals surface area contributed by atoms with Crippen molar-refractivity contribution in [1.29, 1.82) is 0 Å². The number of carbonyl (C=O) groups excluding carboxylic acids is 3. The van der Waals surface area contributed by atoms with Crippen molar-refractivity contribution >= 4 is 56.5 Å². The number of pyridine rings is 1. The largest absolute Gasteiger partial charge is 0.383 e. The minimum atomic E-state index is -0.343. The molecule has 0 radical (unpaired) electrons. The molecule has 0 bridgehead atoms. The van der Waals surface area contributed by atoms with E-state index in [0.29, 0.717) is 41.3 Å². The van der Waals surface area contributed by atoms with Crippen molar-refractivity contribution in [1.82, 2.24) is 15.2 Å². The molecule has 0 spiro atoms. The van der Waals surface area contributed by atoms with E-state index in [1.54, 1.807) is 30.5 Å². The number of nitrogens with two attached hydrogens (primary N) is 1. The fraction of sp³-hybridized carbons (Fsp3) is 0.189. The summed E-state index contributed by atoms with van der Waals surface area (Å²) >= 11 is 1.51. The van der Waals surface area contributed by atoms with E-state index in [1.165, 1.54) is 11.3 Å². The maximum Gasteiger partial charge on any atom is 0.323 e. The molecule has 10 heteroatoms. The first-order chi connectivity index (χ1) is 22.9. The number of nitrogen functional groups attached to an aromatic ring is 1. The average molecular weight is 643 g/mol. The number of nitrogens with one attached hydrogen (secondary N) is 3. The highest BCUT2D eigenvalue weighted by Gasteiger charge is 2.23. The summed E-state index contributed by atoms with van der Waals surface area (Å²) in [5, 5.41) is 11.3. The molecule has 1 aliphatic heterocycles. The molecule has 3 heterocycles. The molecule has 0 atom stereocenters. The molecule has 1 aliphatic rings. The molecule has 0 unspecified atom stereocenters. The Balaban J connectivity index is 1.12. The van der Waals surface area contributed by atoms with Crippen molar-refractivity contribution in [2.45, 2.75) is 26.2 Å². The van der Waals surface area contributed by atoms with Crippen LogP contribution in [-0.2, 0) is 0 Å². The molecule has 1 saturated heterocycles. The molecular formula is C37H34N6O3S. The second-order valence-corrected chi connectivity index (χ2v) is 12.2. The Morgan fingerprint density at radius 3 is 2.43 bits per heavy atom. The summed E-state index contributed by atoms with van der Waals surface area (Å²) in [7, 11) is 0. The van der Waals surface area contributed by atoms with Crippen molar-refractivity contribution < 1.29 is 14.4 Å². The fourth-order valence-corrected chi connectivity index (χ4v) is 6.67. The predicted molar refractivity (Wildman–Crippen MR) is 189 cm³/mol. The van der Waals surface area contributed by atoms with Crippen LogP contribution in [0.5, 0.6) is 0 Å². The van der Waals surface area contributed by atoms with E-state index in [1.807, 2.05) is 65.7 Å². The zero-order valence-corrected chi connectivity index (χ0v) is 26.7. The molecule has 6 rings (SSSR count). The zero-order valence-electron chi connectivity index (χ0n) is 25.9. The number of likely N-dealkylation sites (tertiary alicyclic amines) is 1. The normalized spacial score (nSPS) is 12.6. The fourth-order valence-electron chi connectivity index (χ4n) is 5.61. The molecule has 236 valence electrons. The Labute approximate surface area is 277 Å².